The lowest BCUT2D eigenvalue weighted by molar-refractivity contribution is 0.397. The number of aliphatic imine (C=N–C) groups is 1. The van der Waals surface area contributed by atoms with Gasteiger partial charge in [-0.1, -0.05) is 45.0 Å². The molecular weight excluding hydrogens is 324 g/mol. The Hall–Kier alpha value is -2.37. The number of nitrogens with zero attached hydrogens (tertiary/aromatic N) is 4. The first-order valence-electron chi connectivity index (χ1n) is 9.35. The zero-order valence-electron chi connectivity index (χ0n) is 16.5. The Morgan fingerprint density at radius 1 is 1.27 bits per heavy atom. The van der Waals surface area contributed by atoms with E-state index >= 15 is 0 Å². The zero-order chi connectivity index (χ0) is 18.7. The second kappa shape index (κ2) is 7.48. The van der Waals surface area contributed by atoms with E-state index in [-0.39, 0.29) is 11.5 Å². The van der Waals surface area contributed by atoms with Gasteiger partial charge >= 0.3 is 0 Å². The molecule has 0 spiro atoms. The average molecular weight is 355 g/mol. The molecule has 0 saturated carbocycles. The van der Waals surface area contributed by atoms with E-state index in [1.165, 1.54) is 11.1 Å². The molecule has 3 rings (SSSR count). The van der Waals surface area contributed by atoms with E-state index in [9.17, 15) is 0 Å². The minimum atomic E-state index is 0.152. The van der Waals surface area contributed by atoms with Crippen molar-refractivity contribution in [3.8, 4) is 0 Å². The lowest BCUT2D eigenvalue weighted by Gasteiger charge is -2.25. The molecule has 1 aliphatic heterocycles. The molecule has 0 amide bonds. The largest absolute Gasteiger partial charge is 0.352 e. The van der Waals surface area contributed by atoms with E-state index in [0.717, 1.165) is 43.5 Å². The third-order valence-corrected chi connectivity index (χ3v) is 4.80. The monoisotopic (exact) mass is 354 g/mol. The fourth-order valence-corrected chi connectivity index (χ4v) is 3.27. The maximum absolute atomic E-state index is 4.58. The molecule has 140 valence electrons. The third kappa shape index (κ3) is 4.23. The fourth-order valence-electron chi connectivity index (χ4n) is 3.27. The zero-order valence-corrected chi connectivity index (χ0v) is 16.5. The first-order valence-corrected chi connectivity index (χ1v) is 9.35. The van der Waals surface area contributed by atoms with Gasteiger partial charge in [-0.25, -0.2) is 9.67 Å². The Morgan fingerprint density at radius 2 is 2.00 bits per heavy atom. The van der Waals surface area contributed by atoms with Gasteiger partial charge in [-0.15, -0.1) is 0 Å². The molecule has 0 aliphatic carbocycles. The summed E-state index contributed by atoms with van der Waals surface area (Å²) in [4.78, 5) is 8.95. The predicted octanol–water partition coefficient (Wildman–Crippen LogP) is 3.08. The number of benzene rings is 1. The number of rotatable bonds is 3. The summed E-state index contributed by atoms with van der Waals surface area (Å²) in [5.41, 5.74) is 2.77. The molecule has 6 heteroatoms. The highest BCUT2D eigenvalue weighted by atomic mass is 15.4. The highest BCUT2D eigenvalue weighted by molar-refractivity contribution is 5.80. The number of hydrogen-bond acceptors (Lipinski definition) is 3. The maximum Gasteiger partial charge on any atom is 0.191 e. The Bertz CT molecular complexity index is 767. The molecule has 0 bridgehead atoms. The van der Waals surface area contributed by atoms with Crippen LogP contribution in [0.15, 0.2) is 29.3 Å². The van der Waals surface area contributed by atoms with Crippen LogP contribution in [0.4, 0.5) is 0 Å². The van der Waals surface area contributed by atoms with Crippen molar-refractivity contribution in [2.75, 3.05) is 7.05 Å². The number of hydrogen-bond donors (Lipinski definition) is 2. The van der Waals surface area contributed by atoms with Gasteiger partial charge in [0.1, 0.15) is 11.6 Å². The van der Waals surface area contributed by atoms with Gasteiger partial charge in [-0.3, -0.25) is 4.99 Å². The Morgan fingerprint density at radius 3 is 2.65 bits per heavy atom. The molecule has 1 aliphatic rings. The smallest absolute Gasteiger partial charge is 0.191 e. The van der Waals surface area contributed by atoms with Gasteiger partial charge in [0, 0.05) is 20.1 Å². The Kier molecular flexibility index (Phi) is 5.30. The number of fused-ring (bicyclic) bond motifs is 1. The topological polar surface area (TPSA) is 67.1 Å². The van der Waals surface area contributed by atoms with E-state index in [1.807, 2.05) is 11.6 Å². The molecule has 0 radical (unpaired) electrons. The van der Waals surface area contributed by atoms with Crippen molar-refractivity contribution in [1.29, 1.82) is 0 Å². The summed E-state index contributed by atoms with van der Waals surface area (Å²) in [6.07, 6.45) is 2.14. The summed E-state index contributed by atoms with van der Waals surface area (Å²) in [5.74, 6) is 2.63. The lowest BCUT2D eigenvalue weighted by atomic mass is 9.87. The number of nitrogens with one attached hydrogen (secondary N) is 2. The van der Waals surface area contributed by atoms with Crippen molar-refractivity contribution < 1.29 is 0 Å². The minimum Gasteiger partial charge on any atom is -0.352 e. The van der Waals surface area contributed by atoms with E-state index in [0.29, 0.717) is 0 Å². The molecule has 1 aromatic carbocycles. The molecule has 0 fully saturated rings. The Labute approximate surface area is 156 Å². The molecule has 1 aromatic heterocycles. The summed E-state index contributed by atoms with van der Waals surface area (Å²) >= 11 is 0. The SMILES string of the molecule is CN=C(NCc1ccc(C(C)(C)C)cc1)NC1CCCn2nc(C)nc21. The number of aryl methyl sites for hydroxylation is 2. The highest BCUT2D eigenvalue weighted by Gasteiger charge is 2.24. The van der Waals surface area contributed by atoms with Gasteiger partial charge in [-0.2, -0.15) is 5.10 Å². The molecular formula is C20H30N6. The van der Waals surface area contributed by atoms with Crippen molar-refractivity contribution in [3.05, 3.63) is 47.0 Å². The first-order chi connectivity index (χ1) is 12.4. The van der Waals surface area contributed by atoms with E-state index < -0.39 is 0 Å². The van der Waals surface area contributed by atoms with Crippen molar-refractivity contribution >= 4 is 5.96 Å². The molecule has 2 aromatic rings. The number of aromatic nitrogens is 3. The van der Waals surface area contributed by atoms with Gasteiger partial charge in [0.2, 0.25) is 0 Å². The van der Waals surface area contributed by atoms with Crippen molar-refractivity contribution in [2.45, 2.75) is 65.1 Å². The second-order valence-corrected chi connectivity index (χ2v) is 7.95. The van der Waals surface area contributed by atoms with Crippen molar-refractivity contribution in [2.24, 2.45) is 4.99 Å². The molecule has 2 heterocycles. The second-order valence-electron chi connectivity index (χ2n) is 7.95. The predicted molar refractivity (Wildman–Crippen MR) is 105 cm³/mol. The maximum atomic E-state index is 4.58. The first kappa shape index (κ1) is 18.4. The highest BCUT2D eigenvalue weighted by Crippen LogP contribution is 2.23. The summed E-state index contributed by atoms with van der Waals surface area (Å²) in [7, 11) is 1.80. The van der Waals surface area contributed by atoms with Crippen LogP contribution in [0.5, 0.6) is 0 Å². The van der Waals surface area contributed by atoms with Crippen LogP contribution in [-0.2, 0) is 18.5 Å². The van der Waals surface area contributed by atoms with Crippen molar-refractivity contribution in [1.82, 2.24) is 25.4 Å². The average Bonchev–Trinajstić information content (AvgIpc) is 2.99. The lowest BCUT2D eigenvalue weighted by Crippen LogP contribution is -2.41. The van der Waals surface area contributed by atoms with Crippen LogP contribution < -0.4 is 10.6 Å². The standard InChI is InChI=1S/C20H30N6/c1-14-23-18-17(7-6-12-26(18)25-14)24-19(21-5)22-13-15-8-10-16(11-9-15)20(2,3)4/h8-11,17H,6-7,12-13H2,1-5H3,(H2,21,22,24). The van der Waals surface area contributed by atoms with Gasteiger partial charge in [0.05, 0.1) is 6.04 Å². The van der Waals surface area contributed by atoms with Gasteiger partial charge < -0.3 is 10.6 Å². The summed E-state index contributed by atoms with van der Waals surface area (Å²) in [6, 6.07) is 8.93. The minimum absolute atomic E-state index is 0.152. The van der Waals surface area contributed by atoms with Crippen LogP contribution in [-0.4, -0.2) is 27.8 Å². The normalized spacial score (nSPS) is 17.7. The van der Waals surface area contributed by atoms with E-state index in [2.05, 4.69) is 70.7 Å². The van der Waals surface area contributed by atoms with Crippen LogP contribution in [0.25, 0.3) is 0 Å². The van der Waals surface area contributed by atoms with Gasteiger partial charge in [0.15, 0.2) is 5.96 Å². The van der Waals surface area contributed by atoms with Crippen LogP contribution in [0.1, 0.15) is 62.4 Å². The molecule has 1 unspecified atom stereocenters. The molecule has 2 N–H and O–H groups in total. The Balaban J connectivity index is 1.61. The molecule has 1 atom stereocenters. The molecule has 6 nitrogen and oxygen atoms in total. The quantitative estimate of drug-likeness (QED) is 0.657. The third-order valence-electron chi connectivity index (χ3n) is 4.80. The van der Waals surface area contributed by atoms with Gasteiger partial charge in [0.25, 0.3) is 0 Å². The molecule has 0 saturated heterocycles. The van der Waals surface area contributed by atoms with Crippen LogP contribution >= 0.6 is 0 Å². The van der Waals surface area contributed by atoms with Crippen LogP contribution in [0, 0.1) is 6.92 Å². The van der Waals surface area contributed by atoms with Gasteiger partial charge in [-0.05, 0) is 36.3 Å². The van der Waals surface area contributed by atoms with E-state index in [1.54, 1.807) is 7.05 Å². The van der Waals surface area contributed by atoms with Crippen LogP contribution in [0.3, 0.4) is 0 Å². The number of guanidine groups is 1. The summed E-state index contributed by atoms with van der Waals surface area (Å²) in [6.45, 7) is 10.3. The summed E-state index contributed by atoms with van der Waals surface area (Å²) < 4.78 is 2.01. The molecule has 26 heavy (non-hydrogen) atoms. The summed E-state index contributed by atoms with van der Waals surface area (Å²) in [5, 5.41) is 11.4. The van der Waals surface area contributed by atoms with E-state index in [4.69, 9.17) is 0 Å². The van der Waals surface area contributed by atoms with Crippen molar-refractivity contribution in [3.63, 3.8) is 0 Å². The fraction of sp³-hybridized carbons (Fsp3) is 0.550. The van der Waals surface area contributed by atoms with Crippen LogP contribution in [0.2, 0.25) is 0 Å².